The quantitative estimate of drug-likeness (QED) is 0.768. The van der Waals surface area contributed by atoms with Gasteiger partial charge in [-0.3, -0.25) is 9.89 Å². The lowest BCUT2D eigenvalue weighted by Crippen LogP contribution is -2.28. The Hall–Kier alpha value is -1.89. The third-order valence-corrected chi connectivity index (χ3v) is 4.07. The van der Waals surface area contributed by atoms with Gasteiger partial charge in [-0.15, -0.1) is 0 Å². The molecule has 0 aliphatic heterocycles. The average molecular weight is 338 g/mol. The van der Waals surface area contributed by atoms with Gasteiger partial charge in [-0.2, -0.15) is 5.10 Å². The maximum atomic E-state index is 12.9. The molecule has 2 heterocycles. The topological polar surface area (TPSA) is 89.6 Å². The fourth-order valence-electron chi connectivity index (χ4n) is 2.27. The number of nitrogens with two attached hydrogens (primary N) is 1. The summed E-state index contributed by atoms with van der Waals surface area (Å²) in [5.41, 5.74) is 6.14. The highest BCUT2D eigenvalue weighted by molar-refractivity contribution is 6.39. The molecule has 0 saturated heterocycles. The molecule has 2 aromatic heterocycles. The van der Waals surface area contributed by atoms with Crippen LogP contribution in [-0.2, 0) is 0 Å². The summed E-state index contributed by atoms with van der Waals surface area (Å²) in [4.78, 5) is 17.4. The summed E-state index contributed by atoms with van der Waals surface area (Å²) in [6.07, 6.45) is 2.16. The van der Waals surface area contributed by atoms with Crippen LogP contribution in [0.5, 0.6) is 0 Å². The van der Waals surface area contributed by atoms with E-state index in [0.29, 0.717) is 33.6 Å². The van der Waals surface area contributed by atoms with Gasteiger partial charge in [-0.25, -0.2) is 9.55 Å². The molecule has 0 bridgehead atoms. The molecular formula is C14H13Cl2N5O. The molecule has 1 atom stereocenters. The minimum atomic E-state index is -0.421. The molecule has 0 aliphatic carbocycles. The molecule has 3 aromatic rings. The third kappa shape index (κ3) is 2.29. The van der Waals surface area contributed by atoms with Gasteiger partial charge in [0.05, 0.1) is 33.2 Å². The van der Waals surface area contributed by atoms with E-state index in [4.69, 9.17) is 28.9 Å². The van der Waals surface area contributed by atoms with Crippen molar-refractivity contribution in [2.45, 2.75) is 19.4 Å². The maximum Gasteiger partial charge on any atom is 0.268 e. The van der Waals surface area contributed by atoms with Crippen LogP contribution in [0.15, 0.2) is 29.2 Å². The van der Waals surface area contributed by atoms with Crippen molar-refractivity contribution in [3.8, 4) is 5.82 Å². The minimum Gasteiger partial charge on any atom is -0.321 e. The lowest BCUT2D eigenvalue weighted by molar-refractivity contribution is 0.618. The minimum absolute atomic E-state index is 0.260. The molecule has 0 unspecified atom stereocenters. The fourth-order valence-corrected chi connectivity index (χ4v) is 2.70. The molecule has 0 aliphatic rings. The van der Waals surface area contributed by atoms with Crippen LogP contribution < -0.4 is 11.3 Å². The Morgan fingerprint density at radius 3 is 2.68 bits per heavy atom. The van der Waals surface area contributed by atoms with E-state index in [1.807, 2.05) is 6.92 Å². The second kappa shape index (κ2) is 5.72. The van der Waals surface area contributed by atoms with E-state index in [2.05, 4.69) is 15.2 Å². The van der Waals surface area contributed by atoms with Crippen molar-refractivity contribution in [3.63, 3.8) is 0 Å². The number of aromatic amines is 1. The number of hydrogen-bond donors (Lipinski definition) is 2. The van der Waals surface area contributed by atoms with Gasteiger partial charge >= 0.3 is 0 Å². The second-order valence-electron chi connectivity index (χ2n) is 4.82. The summed E-state index contributed by atoms with van der Waals surface area (Å²) in [5, 5.41) is 7.54. The van der Waals surface area contributed by atoms with Gasteiger partial charge in [0.25, 0.3) is 5.56 Å². The van der Waals surface area contributed by atoms with Crippen LogP contribution in [0.4, 0.5) is 0 Å². The summed E-state index contributed by atoms with van der Waals surface area (Å²) in [6, 6.07) is 4.43. The first kappa shape index (κ1) is 15.0. The van der Waals surface area contributed by atoms with Crippen LogP contribution in [0.25, 0.3) is 16.7 Å². The van der Waals surface area contributed by atoms with E-state index in [-0.39, 0.29) is 10.9 Å². The second-order valence-corrected chi connectivity index (χ2v) is 5.63. The molecule has 0 radical (unpaired) electrons. The number of fused-ring (bicyclic) bond motifs is 1. The van der Waals surface area contributed by atoms with Gasteiger partial charge < -0.3 is 5.73 Å². The average Bonchev–Trinajstić information content (AvgIpc) is 3.03. The SMILES string of the molecule is CC[C@H](N)c1nc2c(Cl)ccc(Cl)c2c(=O)n1-c1ccn[nH]1. The van der Waals surface area contributed by atoms with Crippen molar-refractivity contribution in [1.29, 1.82) is 0 Å². The maximum absolute atomic E-state index is 12.9. The van der Waals surface area contributed by atoms with Crippen LogP contribution in [0.3, 0.4) is 0 Å². The van der Waals surface area contributed by atoms with E-state index < -0.39 is 6.04 Å². The molecule has 114 valence electrons. The first-order valence-electron chi connectivity index (χ1n) is 6.70. The zero-order chi connectivity index (χ0) is 15.9. The number of hydrogen-bond acceptors (Lipinski definition) is 4. The van der Waals surface area contributed by atoms with Crippen LogP contribution in [0, 0.1) is 0 Å². The lowest BCUT2D eigenvalue weighted by atomic mass is 10.2. The standard InChI is InChI=1S/C14H13Cl2N5O/c1-2-9(17)13-19-12-8(16)4-3-7(15)11(12)14(22)21(13)10-5-6-18-20-10/h3-6,9H,2,17H2,1H3,(H,18,20)/t9-/m0/s1. The number of nitrogens with zero attached hydrogens (tertiary/aromatic N) is 3. The van der Waals surface area contributed by atoms with Crippen LogP contribution >= 0.6 is 23.2 Å². The Labute approximate surface area is 135 Å². The van der Waals surface area contributed by atoms with E-state index in [1.165, 1.54) is 4.57 Å². The van der Waals surface area contributed by atoms with E-state index in [9.17, 15) is 4.79 Å². The first-order valence-corrected chi connectivity index (χ1v) is 7.46. The molecular weight excluding hydrogens is 325 g/mol. The predicted molar refractivity (Wildman–Crippen MR) is 86.7 cm³/mol. The predicted octanol–water partition coefficient (Wildman–Crippen LogP) is 2.83. The molecule has 3 N–H and O–H groups in total. The summed E-state index contributed by atoms with van der Waals surface area (Å²) < 4.78 is 1.39. The van der Waals surface area contributed by atoms with Gasteiger partial charge in [-0.1, -0.05) is 30.1 Å². The van der Waals surface area contributed by atoms with Crippen LogP contribution in [-0.4, -0.2) is 19.7 Å². The van der Waals surface area contributed by atoms with E-state index in [0.717, 1.165) is 0 Å². The highest BCUT2D eigenvalue weighted by Gasteiger charge is 2.20. The van der Waals surface area contributed by atoms with Crippen LogP contribution in [0.2, 0.25) is 10.0 Å². The highest BCUT2D eigenvalue weighted by atomic mass is 35.5. The molecule has 6 nitrogen and oxygen atoms in total. The Bertz CT molecular complexity index is 888. The van der Waals surface area contributed by atoms with Crippen molar-refractivity contribution in [1.82, 2.24) is 19.7 Å². The number of aromatic nitrogens is 4. The van der Waals surface area contributed by atoms with E-state index in [1.54, 1.807) is 24.4 Å². The molecule has 1 aromatic carbocycles. The lowest BCUT2D eigenvalue weighted by Gasteiger charge is -2.16. The molecule has 0 amide bonds. The molecule has 8 heteroatoms. The molecule has 0 spiro atoms. The summed E-state index contributed by atoms with van der Waals surface area (Å²) >= 11 is 12.3. The number of nitrogens with one attached hydrogen (secondary N) is 1. The largest absolute Gasteiger partial charge is 0.321 e. The summed E-state index contributed by atoms with van der Waals surface area (Å²) in [6.45, 7) is 1.91. The van der Waals surface area contributed by atoms with E-state index >= 15 is 0 Å². The smallest absolute Gasteiger partial charge is 0.268 e. The Morgan fingerprint density at radius 2 is 2.05 bits per heavy atom. The molecule has 0 fully saturated rings. The Morgan fingerprint density at radius 1 is 1.32 bits per heavy atom. The van der Waals surface area contributed by atoms with Crippen molar-refractivity contribution >= 4 is 34.1 Å². The molecule has 22 heavy (non-hydrogen) atoms. The summed E-state index contributed by atoms with van der Waals surface area (Å²) in [7, 11) is 0. The zero-order valence-electron chi connectivity index (χ0n) is 11.7. The van der Waals surface area contributed by atoms with Gasteiger partial charge in [0, 0.05) is 6.07 Å². The Kier molecular flexibility index (Phi) is 3.90. The zero-order valence-corrected chi connectivity index (χ0v) is 13.2. The van der Waals surface area contributed by atoms with Crippen molar-refractivity contribution in [2.24, 2.45) is 5.73 Å². The number of halogens is 2. The monoisotopic (exact) mass is 337 g/mol. The van der Waals surface area contributed by atoms with Gasteiger partial charge in [-0.05, 0) is 18.6 Å². The van der Waals surface area contributed by atoms with Crippen LogP contribution in [0.1, 0.15) is 25.2 Å². The summed E-state index contributed by atoms with van der Waals surface area (Å²) in [5.74, 6) is 0.891. The number of rotatable bonds is 3. The molecule has 3 rings (SSSR count). The molecule has 0 saturated carbocycles. The fraction of sp³-hybridized carbons (Fsp3) is 0.214. The Balaban J connectivity index is 2.49. The van der Waals surface area contributed by atoms with Gasteiger partial charge in [0.15, 0.2) is 0 Å². The highest BCUT2D eigenvalue weighted by Crippen LogP contribution is 2.27. The van der Waals surface area contributed by atoms with Gasteiger partial charge in [0.1, 0.15) is 11.6 Å². The number of H-pyrrole nitrogens is 1. The van der Waals surface area contributed by atoms with Crippen molar-refractivity contribution < 1.29 is 0 Å². The third-order valence-electron chi connectivity index (χ3n) is 3.45. The van der Waals surface area contributed by atoms with Crippen molar-refractivity contribution in [2.75, 3.05) is 0 Å². The van der Waals surface area contributed by atoms with Crippen molar-refractivity contribution in [3.05, 3.63) is 50.6 Å². The normalized spacial score (nSPS) is 12.7. The first-order chi connectivity index (χ1) is 10.5. The van der Waals surface area contributed by atoms with Gasteiger partial charge in [0.2, 0.25) is 0 Å². The number of benzene rings is 1.